The van der Waals surface area contributed by atoms with E-state index in [9.17, 15) is 0 Å². The van der Waals surface area contributed by atoms with Crippen molar-refractivity contribution >= 4 is 5.96 Å². The maximum Gasteiger partial charge on any atom is 0.191 e. The Balaban J connectivity index is 2.04. The molecule has 0 bridgehead atoms. The predicted molar refractivity (Wildman–Crippen MR) is 76.1 cm³/mol. The van der Waals surface area contributed by atoms with E-state index < -0.39 is 0 Å². The molecule has 4 atom stereocenters. The van der Waals surface area contributed by atoms with Crippen LogP contribution in [0.5, 0.6) is 0 Å². The van der Waals surface area contributed by atoms with Crippen LogP contribution in [0.3, 0.4) is 0 Å². The quantitative estimate of drug-likeness (QED) is 0.602. The first-order chi connectivity index (χ1) is 8.87. The maximum atomic E-state index is 6.17. The third kappa shape index (κ3) is 2.58. The molecule has 2 rings (SSSR count). The molecule has 1 heterocycles. The van der Waals surface area contributed by atoms with Gasteiger partial charge in [-0.05, 0) is 6.92 Å². The summed E-state index contributed by atoms with van der Waals surface area (Å²) < 4.78 is 11.1. The Bertz CT molecular complexity index is 357. The minimum atomic E-state index is 0.0523. The molecule has 2 fully saturated rings. The predicted octanol–water partition coefficient (Wildman–Crippen LogP) is 1.08. The molecule has 4 unspecified atom stereocenters. The van der Waals surface area contributed by atoms with Gasteiger partial charge in [0.2, 0.25) is 0 Å². The Morgan fingerprint density at radius 3 is 2.63 bits per heavy atom. The molecule has 0 amide bonds. The molecule has 110 valence electrons. The molecule has 2 N–H and O–H groups in total. The SMILES string of the molecule is COC1C(C)C(N=C(N)N2CCOC(C)C2)C1(C)C. The molecule has 19 heavy (non-hydrogen) atoms. The van der Waals surface area contributed by atoms with E-state index in [2.05, 4.69) is 32.6 Å². The molecule has 5 nitrogen and oxygen atoms in total. The summed E-state index contributed by atoms with van der Waals surface area (Å²) in [6.45, 7) is 11.0. The lowest BCUT2D eigenvalue weighted by atomic mass is 9.58. The molecule has 0 radical (unpaired) electrons. The smallest absolute Gasteiger partial charge is 0.191 e. The van der Waals surface area contributed by atoms with E-state index in [0.29, 0.717) is 11.9 Å². The normalized spacial score (nSPS) is 39.0. The zero-order valence-electron chi connectivity index (χ0n) is 12.7. The summed E-state index contributed by atoms with van der Waals surface area (Å²) in [5.74, 6) is 1.06. The third-order valence-corrected chi connectivity index (χ3v) is 4.56. The van der Waals surface area contributed by atoms with Crippen molar-refractivity contribution in [2.45, 2.75) is 45.9 Å². The molecule has 0 aromatic carbocycles. The number of rotatable bonds is 2. The largest absolute Gasteiger partial charge is 0.380 e. The molecular formula is C14H27N3O2. The molecule has 1 aliphatic carbocycles. The fraction of sp³-hybridized carbons (Fsp3) is 0.929. The van der Waals surface area contributed by atoms with Crippen molar-refractivity contribution in [1.82, 2.24) is 4.90 Å². The Kier molecular flexibility index (Phi) is 4.06. The van der Waals surface area contributed by atoms with E-state index in [4.69, 9.17) is 20.2 Å². The van der Waals surface area contributed by atoms with Crippen molar-refractivity contribution in [2.75, 3.05) is 26.8 Å². The zero-order chi connectivity index (χ0) is 14.2. The Morgan fingerprint density at radius 2 is 2.11 bits per heavy atom. The lowest BCUT2D eigenvalue weighted by molar-refractivity contribution is -0.132. The highest BCUT2D eigenvalue weighted by molar-refractivity contribution is 5.78. The van der Waals surface area contributed by atoms with E-state index in [1.54, 1.807) is 7.11 Å². The Hall–Kier alpha value is -0.810. The van der Waals surface area contributed by atoms with Crippen LogP contribution in [-0.4, -0.2) is 55.9 Å². The van der Waals surface area contributed by atoms with Crippen LogP contribution in [0.15, 0.2) is 4.99 Å². The summed E-state index contributed by atoms with van der Waals surface area (Å²) >= 11 is 0. The van der Waals surface area contributed by atoms with Gasteiger partial charge >= 0.3 is 0 Å². The second-order valence-electron chi connectivity index (χ2n) is 6.40. The van der Waals surface area contributed by atoms with Gasteiger partial charge in [0.15, 0.2) is 5.96 Å². The van der Waals surface area contributed by atoms with Gasteiger partial charge in [0.1, 0.15) is 0 Å². The van der Waals surface area contributed by atoms with E-state index in [1.165, 1.54) is 0 Å². The van der Waals surface area contributed by atoms with Crippen LogP contribution < -0.4 is 5.73 Å². The van der Waals surface area contributed by atoms with Crippen LogP contribution in [0.4, 0.5) is 0 Å². The summed E-state index contributed by atoms with van der Waals surface area (Å²) in [4.78, 5) is 6.88. The molecule has 0 spiro atoms. The van der Waals surface area contributed by atoms with Gasteiger partial charge in [-0.25, -0.2) is 4.99 Å². The molecular weight excluding hydrogens is 242 g/mol. The van der Waals surface area contributed by atoms with Crippen LogP contribution in [-0.2, 0) is 9.47 Å². The highest BCUT2D eigenvalue weighted by Crippen LogP contribution is 2.48. The van der Waals surface area contributed by atoms with E-state index in [1.807, 2.05) is 0 Å². The minimum Gasteiger partial charge on any atom is -0.380 e. The first kappa shape index (κ1) is 14.6. The molecule has 2 aliphatic rings. The fourth-order valence-corrected chi connectivity index (χ4v) is 3.62. The van der Waals surface area contributed by atoms with Crippen molar-refractivity contribution < 1.29 is 9.47 Å². The van der Waals surface area contributed by atoms with Gasteiger partial charge in [0.05, 0.1) is 24.9 Å². The number of morpholine rings is 1. The van der Waals surface area contributed by atoms with Gasteiger partial charge in [0.25, 0.3) is 0 Å². The van der Waals surface area contributed by atoms with Crippen LogP contribution in [0, 0.1) is 11.3 Å². The highest BCUT2D eigenvalue weighted by Gasteiger charge is 2.55. The van der Waals surface area contributed by atoms with E-state index in [-0.39, 0.29) is 23.7 Å². The average molecular weight is 269 g/mol. The number of hydrogen-bond donors (Lipinski definition) is 1. The number of aliphatic imine (C=N–C) groups is 1. The monoisotopic (exact) mass is 269 g/mol. The molecule has 1 saturated carbocycles. The molecule has 0 aromatic rings. The zero-order valence-corrected chi connectivity index (χ0v) is 12.7. The summed E-state index contributed by atoms with van der Waals surface area (Å²) in [6.07, 6.45) is 0.485. The highest BCUT2D eigenvalue weighted by atomic mass is 16.5. The van der Waals surface area contributed by atoms with Crippen LogP contribution in [0.25, 0.3) is 0 Å². The van der Waals surface area contributed by atoms with Gasteiger partial charge in [-0.1, -0.05) is 20.8 Å². The van der Waals surface area contributed by atoms with Crippen LogP contribution in [0.1, 0.15) is 27.7 Å². The summed E-state index contributed by atoms with van der Waals surface area (Å²) in [6, 6.07) is 0.232. The summed E-state index contributed by atoms with van der Waals surface area (Å²) in [5, 5.41) is 0. The van der Waals surface area contributed by atoms with Gasteiger partial charge in [-0.2, -0.15) is 0 Å². The van der Waals surface area contributed by atoms with Crippen molar-refractivity contribution in [2.24, 2.45) is 22.1 Å². The first-order valence-corrected chi connectivity index (χ1v) is 7.10. The lowest BCUT2D eigenvalue weighted by Gasteiger charge is -2.54. The van der Waals surface area contributed by atoms with Gasteiger partial charge < -0.3 is 20.1 Å². The van der Waals surface area contributed by atoms with Gasteiger partial charge in [-0.15, -0.1) is 0 Å². The minimum absolute atomic E-state index is 0.0523. The number of methoxy groups -OCH3 is 1. The van der Waals surface area contributed by atoms with Crippen molar-refractivity contribution in [3.05, 3.63) is 0 Å². The standard InChI is InChI=1S/C14H27N3O2/c1-9-8-17(6-7-19-9)13(15)16-11-10(2)12(18-5)14(11,3)4/h9-12H,6-8H2,1-5H3,(H2,15,16). The van der Waals surface area contributed by atoms with Crippen LogP contribution in [0.2, 0.25) is 0 Å². The first-order valence-electron chi connectivity index (χ1n) is 7.10. The summed E-state index contributed by atoms with van der Waals surface area (Å²) in [7, 11) is 1.77. The third-order valence-electron chi connectivity index (χ3n) is 4.56. The Morgan fingerprint density at radius 1 is 1.42 bits per heavy atom. The van der Waals surface area contributed by atoms with E-state index >= 15 is 0 Å². The summed E-state index contributed by atoms with van der Waals surface area (Å²) in [5.41, 5.74) is 6.22. The van der Waals surface area contributed by atoms with Crippen molar-refractivity contribution in [3.63, 3.8) is 0 Å². The fourth-order valence-electron chi connectivity index (χ4n) is 3.62. The topological polar surface area (TPSA) is 60.1 Å². The van der Waals surface area contributed by atoms with Gasteiger partial charge in [-0.3, -0.25) is 0 Å². The van der Waals surface area contributed by atoms with Crippen molar-refractivity contribution in [1.29, 1.82) is 0 Å². The Labute approximate surface area is 116 Å². The average Bonchev–Trinajstić information content (AvgIpc) is 2.35. The maximum absolute atomic E-state index is 6.17. The number of nitrogens with zero attached hydrogens (tertiary/aromatic N) is 2. The second-order valence-corrected chi connectivity index (χ2v) is 6.40. The molecule has 0 aromatic heterocycles. The lowest BCUT2D eigenvalue weighted by Crippen LogP contribution is -2.61. The van der Waals surface area contributed by atoms with Gasteiger partial charge in [0, 0.05) is 31.5 Å². The molecule has 1 aliphatic heterocycles. The second kappa shape index (κ2) is 5.29. The number of hydrogen-bond acceptors (Lipinski definition) is 3. The molecule has 1 saturated heterocycles. The van der Waals surface area contributed by atoms with Crippen LogP contribution >= 0.6 is 0 Å². The van der Waals surface area contributed by atoms with E-state index in [0.717, 1.165) is 19.7 Å². The number of nitrogens with two attached hydrogens (primary N) is 1. The number of guanidine groups is 1. The molecule has 5 heteroatoms. The van der Waals surface area contributed by atoms with Crippen molar-refractivity contribution in [3.8, 4) is 0 Å². The number of ether oxygens (including phenoxy) is 2.